The van der Waals surface area contributed by atoms with Crippen LogP contribution in [-0.4, -0.2) is 36.4 Å². The molecule has 0 aromatic heterocycles. The van der Waals surface area contributed by atoms with Gasteiger partial charge in [0.05, 0.1) is 12.6 Å². The molecule has 0 bridgehead atoms. The maximum atomic E-state index is 10.5. The fourth-order valence-electron chi connectivity index (χ4n) is 2.94. The molecule has 1 saturated carbocycles. The number of nitrogens with one attached hydrogen (secondary N) is 1. The Morgan fingerprint density at radius 2 is 2.36 bits per heavy atom. The molecule has 2 N–H and O–H groups in total. The van der Waals surface area contributed by atoms with Crippen molar-refractivity contribution in [3.63, 3.8) is 0 Å². The van der Waals surface area contributed by atoms with E-state index in [9.17, 15) is 4.79 Å². The summed E-state index contributed by atoms with van der Waals surface area (Å²) in [5, 5.41) is 11.7. The second-order valence-electron chi connectivity index (χ2n) is 4.82. The van der Waals surface area contributed by atoms with E-state index in [0.717, 1.165) is 13.0 Å². The second-order valence-corrected chi connectivity index (χ2v) is 4.82. The molecule has 1 aliphatic heterocycles. The van der Waals surface area contributed by atoms with Crippen LogP contribution in [0.3, 0.4) is 0 Å². The lowest BCUT2D eigenvalue weighted by molar-refractivity contribution is -0.139. The highest BCUT2D eigenvalue weighted by molar-refractivity contribution is 5.69. The number of hydrogen-bond acceptors (Lipinski definition) is 3. The van der Waals surface area contributed by atoms with Crippen LogP contribution < -0.4 is 5.32 Å². The van der Waals surface area contributed by atoms with Crippen molar-refractivity contribution in [1.82, 2.24) is 5.32 Å². The summed E-state index contributed by atoms with van der Waals surface area (Å²) in [7, 11) is 0. The minimum atomic E-state index is -0.789. The first-order valence-corrected chi connectivity index (χ1v) is 5.10. The van der Waals surface area contributed by atoms with Crippen molar-refractivity contribution in [2.45, 2.75) is 32.4 Å². The standard InChI is InChI=1S/C10H17NO3/c1-10(2)8(11-5-7(12)13)6-3-4-14-9(6)10/h6,8-9,11H,3-5H2,1-2H3,(H,12,13). The van der Waals surface area contributed by atoms with E-state index in [1.54, 1.807) is 0 Å². The van der Waals surface area contributed by atoms with Crippen LogP contribution >= 0.6 is 0 Å². The summed E-state index contributed by atoms with van der Waals surface area (Å²) >= 11 is 0. The second kappa shape index (κ2) is 3.21. The largest absolute Gasteiger partial charge is 0.480 e. The first kappa shape index (κ1) is 9.93. The Morgan fingerprint density at radius 3 is 3.00 bits per heavy atom. The molecule has 2 rings (SSSR count). The van der Waals surface area contributed by atoms with E-state index in [1.807, 2.05) is 0 Å². The van der Waals surface area contributed by atoms with Gasteiger partial charge in [0.25, 0.3) is 0 Å². The molecule has 4 heteroatoms. The Hall–Kier alpha value is -0.610. The zero-order valence-corrected chi connectivity index (χ0v) is 8.62. The Morgan fingerprint density at radius 1 is 1.64 bits per heavy atom. The molecule has 4 nitrogen and oxygen atoms in total. The monoisotopic (exact) mass is 199 g/mol. The van der Waals surface area contributed by atoms with Gasteiger partial charge in [-0.15, -0.1) is 0 Å². The van der Waals surface area contributed by atoms with Crippen molar-refractivity contribution in [3.8, 4) is 0 Å². The molecular weight excluding hydrogens is 182 g/mol. The van der Waals surface area contributed by atoms with Crippen molar-refractivity contribution in [2.75, 3.05) is 13.2 Å². The number of carboxylic acids is 1. The molecule has 0 amide bonds. The number of fused-ring (bicyclic) bond motifs is 1. The van der Waals surface area contributed by atoms with E-state index in [0.29, 0.717) is 18.1 Å². The van der Waals surface area contributed by atoms with Crippen molar-refractivity contribution < 1.29 is 14.6 Å². The zero-order chi connectivity index (χ0) is 10.3. The van der Waals surface area contributed by atoms with Gasteiger partial charge in [-0.25, -0.2) is 0 Å². The van der Waals surface area contributed by atoms with E-state index in [4.69, 9.17) is 9.84 Å². The van der Waals surface area contributed by atoms with Gasteiger partial charge in [-0.05, 0) is 6.42 Å². The maximum absolute atomic E-state index is 10.5. The van der Waals surface area contributed by atoms with Crippen LogP contribution in [-0.2, 0) is 9.53 Å². The molecule has 2 aliphatic rings. The van der Waals surface area contributed by atoms with Crippen molar-refractivity contribution in [3.05, 3.63) is 0 Å². The predicted octanol–water partition coefficient (Wildman–Crippen LogP) is 0.474. The quantitative estimate of drug-likeness (QED) is 0.694. The van der Waals surface area contributed by atoms with Gasteiger partial charge in [-0.2, -0.15) is 0 Å². The number of carbonyl (C=O) groups is 1. The number of carboxylic acid groups (broad SMARTS) is 1. The molecular formula is C10H17NO3. The summed E-state index contributed by atoms with van der Waals surface area (Å²) in [6.07, 6.45) is 1.39. The SMILES string of the molecule is CC1(C)C(NCC(=O)O)C2CCOC21. The Bertz CT molecular complexity index is 252. The van der Waals surface area contributed by atoms with Crippen molar-refractivity contribution in [2.24, 2.45) is 11.3 Å². The topological polar surface area (TPSA) is 58.6 Å². The van der Waals surface area contributed by atoms with E-state index < -0.39 is 5.97 Å². The highest BCUT2D eigenvalue weighted by atomic mass is 16.5. The Kier molecular flexibility index (Phi) is 2.27. The third-order valence-electron chi connectivity index (χ3n) is 3.57. The van der Waals surface area contributed by atoms with Gasteiger partial charge in [0.2, 0.25) is 0 Å². The molecule has 1 saturated heterocycles. The van der Waals surface area contributed by atoms with Gasteiger partial charge >= 0.3 is 5.97 Å². The Balaban J connectivity index is 1.95. The summed E-state index contributed by atoms with van der Waals surface area (Å²) in [6, 6.07) is 0.297. The minimum Gasteiger partial charge on any atom is -0.480 e. The molecule has 14 heavy (non-hydrogen) atoms. The predicted molar refractivity (Wildman–Crippen MR) is 51.1 cm³/mol. The Labute approximate surface area is 83.6 Å². The molecule has 0 aromatic carbocycles. The molecule has 0 radical (unpaired) electrons. The third kappa shape index (κ3) is 1.33. The van der Waals surface area contributed by atoms with Gasteiger partial charge in [0, 0.05) is 24.0 Å². The summed E-state index contributed by atoms with van der Waals surface area (Å²) in [5.41, 5.74) is 0.0800. The fourth-order valence-corrected chi connectivity index (χ4v) is 2.94. The maximum Gasteiger partial charge on any atom is 0.317 e. The van der Waals surface area contributed by atoms with Crippen LogP contribution in [0.15, 0.2) is 0 Å². The summed E-state index contributed by atoms with van der Waals surface area (Å²) < 4.78 is 5.62. The summed E-state index contributed by atoms with van der Waals surface area (Å²) in [5.74, 6) is -0.271. The molecule has 1 heterocycles. The minimum absolute atomic E-state index is 0.0529. The zero-order valence-electron chi connectivity index (χ0n) is 8.62. The summed E-state index contributed by atoms with van der Waals surface area (Å²) in [4.78, 5) is 10.5. The van der Waals surface area contributed by atoms with Gasteiger partial charge in [-0.3, -0.25) is 4.79 Å². The number of hydrogen-bond donors (Lipinski definition) is 2. The lowest BCUT2D eigenvalue weighted by Crippen LogP contribution is -2.66. The van der Waals surface area contributed by atoms with Crippen LogP contribution in [0.2, 0.25) is 0 Å². The number of rotatable bonds is 3. The molecule has 1 aliphatic carbocycles. The molecule has 0 spiro atoms. The molecule has 80 valence electrons. The first-order valence-electron chi connectivity index (χ1n) is 5.10. The van der Waals surface area contributed by atoms with Crippen LogP contribution in [0.5, 0.6) is 0 Å². The van der Waals surface area contributed by atoms with E-state index in [1.165, 1.54) is 0 Å². The average molecular weight is 199 g/mol. The van der Waals surface area contributed by atoms with E-state index >= 15 is 0 Å². The lowest BCUT2D eigenvalue weighted by Gasteiger charge is -2.54. The highest BCUT2D eigenvalue weighted by Gasteiger charge is 2.58. The average Bonchev–Trinajstić information content (AvgIpc) is 2.49. The van der Waals surface area contributed by atoms with E-state index in [-0.39, 0.29) is 12.0 Å². The van der Waals surface area contributed by atoms with Crippen LogP contribution in [0.1, 0.15) is 20.3 Å². The van der Waals surface area contributed by atoms with Gasteiger partial charge in [0.15, 0.2) is 0 Å². The van der Waals surface area contributed by atoms with Crippen molar-refractivity contribution >= 4 is 5.97 Å². The first-order chi connectivity index (χ1) is 6.53. The normalized spacial score (nSPS) is 38.9. The van der Waals surface area contributed by atoms with Crippen LogP contribution in [0, 0.1) is 11.3 Å². The fraction of sp³-hybridized carbons (Fsp3) is 0.900. The summed E-state index contributed by atoms with van der Waals surface area (Å²) in [6.45, 7) is 5.15. The van der Waals surface area contributed by atoms with Crippen molar-refractivity contribution in [1.29, 1.82) is 0 Å². The third-order valence-corrected chi connectivity index (χ3v) is 3.57. The highest BCUT2D eigenvalue weighted by Crippen LogP contribution is 2.51. The van der Waals surface area contributed by atoms with Gasteiger partial charge < -0.3 is 15.2 Å². The molecule has 3 unspecified atom stereocenters. The van der Waals surface area contributed by atoms with Gasteiger partial charge in [0.1, 0.15) is 0 Å². The van der Waals surface area contributed by atoms with Gasteiger partial charge in [-0.1, -0.05) is 13.8 Å². The number of aliphatic carboxylic acids is 1. The smallest absolute Gasteiger partial charge is 0.317 e. The number of ether oxygens (including phenoxy) is 1. The van der Waals surface area contributed by atoms with Crippen LogP contribution in [0.25, 0.3) is 0 Å². The van der Waals surface area contributed by atoms with E-state index in [2.05, 4.69) is 19.2 Å². The van der Waals surface area contributed by atoms with Crippen LogP contribution in [0.4, 0.5) is 0 Å². The molecule has 3 atom stereocenters. The molecule has 2 fully saturated rings. The molecule has 0 aromatic rings. The lowest BCUT2D eigenvalue weighted by atomic mass is 9.57.